The molecule has 6 rings (SSSR count). The third kappa shape index (κ3) is 3.24. The summed E-state index contributed by atoms with van der Waals surface area (Å²) in [6.45, 7) is 1.90. The second-order valence-electron chi connectivity index (χ2n) is 8.52. The van der Waals surface area contributed by atoms with Crippen molar-refractivity contribution < 1.29 is 13.6 Å². The van der Waals surface area contributed by atoms with Crippen LogP contribution in [-0.2, 0) is 12.8 Å². The molecule has 1 N–H and O–H groups in total. The standard InChI is InChI=1S/C28H21NO4/c1-16-7-2-3-10-19(16)28(31)29-26-20-11-4-5-12-23(20)33-27(26)22-15-25(30)32-24-14-18-9-6-8-17(18)13-21(22)24/h2-5,7,10-15H,6,8-9H2,1H3,(H,29,31). The summed E-state index contributed by atoms with van der Waals surface area (Å²) in [6.07, 6.45) is 3.08. The zero-order valence-electron chi connectivity index (χ0n) is 18.1. The van der Waals surface area contributed by atoms with Gasteiger partial charge in [-0.3, -0.25) is 4.79 Å². The number of hydrogen-bond donors (Lipinski definition) is 1. The highest BCUT2D eigenvalue weighted by Crippen LogP contribution is 2.41. The molecule has 1 aliphatic carbocycles. The van der Waals surface area contributed by atoms with E-state index < -0.39 is 5.63 Å². The van der Waals surface area contributed by atoms with Crippen LogP contribution in [0.3, 0.4) is 0 Å². The van der Waals surface area contributed by atoms with Crippen LogP contribution in [0.1, 0.15) is 33.5 Å². The van der Waals surface area contributed by atoms with E-state index in [1.807, 2.05) is 55.5 Å². The Bertz CT molecular complexity index is 1620. The summed E-state index contributed by atoms with van der Waals surface area (Å²) < 4.78 is 11.8. The molecule has 0 fully saturated rings. The molecular formula is C28H21NO4. The summed E-state index contributed by atoms with van der Waals surface area (Å²) in [5, 5.41) is 4.64. The van der Waals surface area contributed by atoms with Crippen LogP contribution in [0, 0.1) is 6.92 Å². The van der Waals surface area contributed by atoms with Crippen LogP contribution in [-0.4, -0.2) is 5.91 Å². The van der Waals surface area contributed by atoms with E-state index in [9.17, 15) is 9.59 Å². The number of para-hydroxylation sites is 1. The van der Waals surface area contributed by atoms with Gasteiger partial charge in [-0.2, -0.15) is 0 Å². The SMILES string of the molecule is Cc1ccccc1C(=O)Nc1c(-c2cc(=O)oc3cc4c(cc23)CCC4)oc2ccccc12. The fraction of sp³-hybridized carbons (Fsp3) is 0.143. The van der Waals surface area contributed by atoms with E-state index in [0.717, 1.165) is 35.6 Å². The molecule has 0 bridgehead atoms. The summed E-state index contributed by atoms with van der Waals surface area (Å²) in [6, 6.07) is 20.5. The number of aryl methyl sites for hydroxylation is 3. The Balaban J connectivity index is 1.58. The van der Waals surface area contributed by atoms with Crippen molar-refractivity contribution in [3.8, 4) is 11.3 Å². The quantitative estimate of drug-likeness (QED) is 0.340. The highest BCUT2D eigenvalue weighted by Gasteiger charge is 2.23. The number of furan rings is 1. The Morgan fingerprint density at radius 3 is 2.45 bits per heavy atom. The number of amides is 1. The van der Waals surface area contributed by atoms with E-state index >= 15 is 0 Å². The number of benzene rings is 3. The van der Waals surface area contributed by atoms with Gasteiger partial charge in [0.25, 0.3) is 5.91 Å². The molecule has 0 aliphatic heterocycles. The third-order valence-corrected chi connectivity index (χ3v) is 6.43. The molecule has 0 atom stereocenters. The Hall–Kier alpha value is -4.12. The van der Waals surface area contributed by atoms with Crippen molar-refractivity contribution >= 4 is 33.5 Å². The van der Waals surface area contributed by atoms with Gasteiger partial charge in [0.05, 0.1) is 5.69 Å². The largest absolute Gasteiger partial charge is 0.454 e. The summed E-state index contributed by atoms with van der Waals surface area (Å²) >= 11 is 0. The Kier molecular flexibility index (Phi) is 4.44. The van der Waals surface area contributed by atoms with Crippen LogP contribution in [0.15, 0.2) is 80.4 Å². The van der Waals surface area contributed by atoms with E-state index in [1.54, 1.807) is 6.07 Å². The Morgan fingerprint density at radius 2 is 1.61 bits per heavy atom. The molecule has 2 heterocycles. The lowest BCUT2D eigenvalue weighted by molar-refractivity contribution is 0.102. The topological polar surface area (TPSA) is 72.5 Å². The fourth-order valence-corrected chi connectivity index (χ4v) is 4.79. The molecule has 0 unspecified atom stereocenters. The molecule has 1 aliphatic rings. The van der Waals surface area contributed by atoms with Crippen LogP contribution in [0.2, 0.25) is 0 Å². The van der Waals surface area contributed by atoms with Crippen LogP contribution >= 0.6 is 0 Å². The number of carbonyl (C=O) groups excluding carboxylic acids is 1. The monoisotopic (exact) mass is 435 g/mol. The molecule has 0 saturated heterocycles. The van der Waals surface area contributed by atoms with E-state index in [1.165, 1.54) is 17.2 Å². The molecule has 0 radical (unpaired) electrons. The molecule has 3 aromatic carbocycles. The molecule has 0 spiro atoms. The minimum atomic E-state index is -0.452. The smallest absolute Gasteiger partial charge is 0.336 e. The van der Waals surface area contributed by atoms with Gasteiger partial charge >= 0.3 is 5.63 Å². The average molecular weight is 435 g/mol. The fourth-order valence-electron chi connectivity index (χ4n) is 4.79. The van der Waals surface area contributed by atoms with E-state index in [2.05, 4.69) is 11.4 Å². The second kappa shape index (κ2) is 7.48. The van der Waals surface area contributed by atoms with Crippen molar-refractivity contribution in [1.29, 1.82) is 0 Å². The molecule has 5 nitrogen and oxygen atoms in total. The van der Waals surface area contributed by atoms with Gasteiger partial charge in [-0.1, -0.05) is 30.3 Å². The predicted octanol–water partition coefficient (Wildman–Crippen LogP) is 6.26. The first kappa shape index (κ1) is 19.6. The molecule has 162 valence electrons. The maximum atomic E-state index is 13.2. The van der Waals surface area contributed by atoms with Crippen molar-refractivity contribution in [2.24, 2.45) is 0 Å². The van der Waals surface area contributed by atoms with Gasteiger partial charge in [-0.15, -0.1) is 0 Å². The molecule has 5 aromatic rings. The number of hydrogen-bond acceptors (Lipinski definition) is 4. The van der Waals surface area contributed by atoms with Crippen LogP contribution in [0.5, 0.6) is 0 Å². The lowest BCUT2D eigenvalue weighted by atomic mass is 10.0. The highest BCUT2D eigenvalue weighted by atomic mass is 16.4. The number of nitrogens with one attached hydrogen (secondary N) is 1. The first-order chi connectivity index (χ1) is 16.1. The van der Waals surface area contributed by atoms with Crippen molar-refractivity contribution in [2.75, 3.05) is 5.32 Å². The van der Waals surface area contributed by atoms with Gasteiger partial charge < -0.3 is 14.2 Å². The van der Waals surface area contributed by atoms with Crippen molar-refractivity contribution in [3.63, 3.8) is 0 Å². The Labute approximate surface area is 189 Å². The molecular weight excluding hydrogens is 414 g/mol. The molecule has 5 heteroatoms. The molecule has 33 heavy (non-hydrogen) atoms. The van der Waals surface area contributed by atoms with Crippen LogP contribution in [0.4, 0.5) is 5.69 Å². The van der Waals surface area contributed by atoms with Crippen molar-refractivity contribution in [1.82, 2.24) is 0 Å². The highest BCUT2D eigenvalue weighted by molar-refractivity contribution is 6.13. The van der Waals surface area contributed by atoms with Gasteiger partial charge in [-0.25, -0.2) is 4.79 Å². The summed E-state index contributed by atoms with van der Waals surface area (Å²) in [5.41, 5.74) is 5.84. The van der Waals surface area contributed by atoms with E-state index in [-0.39, 0.29) is 5.91 Å². The van der Waals surface area contributed by atoms with E-state index in [0.29, 0.717) is 33.7 Å². The first-order valence-electron chi connectivity index (χ1n) is 11.1. The van der Waals surface area contributed by atoms with Crippen molar-refractivity contribution in [2.45, 2.75) is 26.2 Å². The van der Waals surface area contributed by atoms with E-state index in [4.69, 9.17) is 8.83 Å². The number of rotatable bonds is 3. The van der Waals surface area contributed by atoms with Gasteiger partial charge in [0.2, 0.25) is 0 Å². The molecule has 2 aromatic heterocycles. The predicted molar refractivity (Wildman–Crippen MR) is 129 cm³/mol. The molecule has 0 saturated carbocycles. The third-order valence-electron chi connectivity index (χ3n) is 6.43. The Morgan fingerprint density at radius 1 is 0.848 bits per heavy atom. The van der Waals surface area contributed by atoms with Gasteiger partial charge in [0.1, 0.15) is 11.2 Å². The zero-order chi connectivity index (χ0) is 22.5. The first-order valence-corrected chi connectivity index (χ1v) is 11.1. The van der Waals surface area contributed by atoms with Crippen molar-refractivity contribution in [3.05, 3.63) is 99.4 Å². The average Bonchev–Trinajstić information content (AvgIpc) is 3.41. The summed E-state index contributed by atoms with van der Waals surface area (Å²) in [5.74, 6) is 0.225. The minimum absolute atomic E-state index is 0.228. The zero-order valence-corrected chi connectivity index (χ0v) is 18.1. The molecule has 1 amide bonds. The number of fused-ring (bicyclic) bond motifs is 3. The number of carbonyl (C=O) groups is 1. The summed E-state index contributed by atoms with van der Waals surface area (Å²) in [4.78, 5) is 25.7. The van der Waals surface area contributed by atoms with Crippen LogP contribution in [0.25, 0.3) is 33.3 Å². The minimum Gasteiger partial charge on any atom is -0.454 e. The number of anilines is 1. The maximum Gasteiger partial charge on any atom is 0.336 e. The summed E-state index contributed by atoms with van der Waals surface area (Å²) in [7, 11) is 0. The second-order valence-corrected chi connectivity index (χ2v) is 8.52. The van der Waals surface area contributed by atoms with Gasteiger partial charge in [-0.05, 0) is 73.2 Å². The maximum absolute atomic E-state index is 13.2. The lowest BCUT2D eigenvalue weighted by Crippen LogP contribution is -2.13. The normalized spacial score (nSPS) is 12.9. The van der Waals surface area contributed by atoms with Gasteiger partial charge in [0, 0.05) is 28.0 Å². The lowest BCUT2D eigenvalue weighted by Gasteiger charge is -2.10. The van der Waals surface area contributed by atoms with Gasteiger partial charge in [0.15, 0.2) is 5.76 Å². The van der Waals surface area contributed by atoms with Crippen LogP contribution < -0.4 is 10.9 Å².